The van der Waals surface area contributed by atoms with Crippen LogP contribution >= 0.6 is 0 Å². The highest BCUT2D eigenvalue weighted by Crippen LogP contribution is 2.42. The second-order valence-electron chi connectivity index (χ2n) is 10.4. The standard InChI is InChI=1S/C26H33F2N7O2/c1-3-4-22(36)32-23(16-5-6-16)18-13-21-31-19(15-35(21)30-14-18)24(17-7-10-26(27,28)11-8-17)33-25(37)20-9-12-29-34(20)2/h9,12-17,23-24H,3-8,10-11H2,1-2H3,(H,32,36)(H,33,37)/t23-,24+/m1/s1. The van der Waals surface area contributed by atoms with Crippen molar-refractivity contribution in [3.05, 3.63) is 47.7 Å². The van der Waals surface area contributed by atoms with Crippen molar-refractivity contribution >= 4 is 17.5 Å². The second-order valence-corrected chi connectivity index (χ2v) is 10.4. The first-order valence-corrected chi connectivity index (χ1v) is 13.1. The van der Waals surface area contributed by atoms with Gasteiger partial charge in [-0.05, 0) is 61.6 Å². The first-order chi connectivity index (χ1) is 17.7. The fourth-order valence-electron chi connectivity index (χ4n) is 5.25. The number of nitrogens with one attached hydrogen (secondary N) is 2. The van der Waals surface area contributed by atoms with Gasteiger partial charge in [0.2, 0.25) is 11.8 Å². The summed E-state index contributed by atoms with van der Waals surface area (Å²) in [5.74, 6) is -2.79. The number of halogens is 2. The summed E-state index contributed by atoms with van der Waals surface area (Å²) in [6, 6.07) is 2.87. The molecule has 0 bridgehead atoms. The number of carbonyl (C=O) groups excluding carboxylic acids is 2. The van der Waals surface area contributed by atoms with Crippen LogP contribution in [0.25, 0.3) is 5.65 Å². The molecule has 2 aliphatic carbocycles. The lowest BCUT2D eigenvalue weighted by atomic mass is 9.81. The van der Waals surface area contributed by atoms with Crippen molar-refractivity contribution in [3.63, 3.8) is 0 Å². The number of hydrogen-bond acceptors (Lipinski definition) is 5. The molecule has 2 saturated carbocycles. The Kier molecular flexibility index (Phi) is 6.96. The van der Waals surface area contributed by atoms with Crippen LogP contribution in [0.15, 0.2) is 30.7 Å². The molecule has 0 aromatic carbocycles. The van der Waals surface area contributed by atoms with Gasteiger partial charge in [-0.25, -0.2) is 18.3 Å². The Morgan fingerprint density at radius 1 is 1.11 bits per heavy atom. The van der Waals surface area contributed by atoms with Gasteiger partial charge >= 0.3 is 0 Å². The molecule has 0 spiro atoms. The summed E-state index contributed by atoms with van der Waals surface area (Å²) in [5.41, 5.74) is 2.44. The Labute approximate surface area is 214 Å². The maximum absolute atomic E-state index is 13.9. The van der Waals surface area contributed by atoms with Crippen LogP contribution in [-0.4, -0.2) is 42.1 Å². The molecule has 2 atom stereocenters. The largest absolute Gasteiger partial charge is 0.349 e. The van der Waals surface area contributed by atoms with E-state index in [1.807, 2.05) is 13.0 Å². The van der Waals surface area contributed by atoms with E-state index in [1.54, 1.807) is 30.0 Å². The van der Waals surface area contributed by atoms with Crippen molar-refractivity contribution in [2.75, 3.05) is 0 Å². The van der Waals surface area contributed by atoms with Crippen molar-refractivity contribution in [1.29, 1.82) is 0 Å². The SMILES string of the molecule is CCCC(=O)N[C@@H](c1cnn2cc([C@@H](NC(=O)c3ccnn3C)C3CCC(F)(F)CC3)nc2c1)C1CC1. The lowest BCUT2D eigenvalue weighted by molar-refractivity contribution is -0.122. The minimum atomic E-state index is -2.68. The Morgan fingerprint density at radius 2 is 1.84 bits per heavy atom. The topological polar surface area (TPSA) is 106 Å². The van der Waals surface area contributed by atoms with Crippen molar-refractivity contribution in [3.8, 4) is 0 Å². The molecular formula is C26H33F2N7O2. The predicted octanol–water partition coefficient (Wildman–Crippen LogP) is 4.13. The van der Waals surface area contributed by atoms with E-state index in [1.165, 1.54) is 10.9 Å². The molecule has 0 saturated heterocycles. The first-order valence-electron chi connectivity index (χ1n) is 13.1. The molecule has 9 nitrogen and oxygen atoms in total. The summed E-state index contributed by atoms with van der Waals surface area (Å²) in [5, 5.41) is 14.8. The first kappa shape index (κ1) is 25.3. The van der Waals surface area contributed by atoms with E-state index in [4.69, 9.17) is 4.98 Å². The van der Waals surface area contributed by atoms with E-state index in [2.05, 4.69) is 20.8 Å². The van der Waals surface area contributed by atoms with Crippen molar-refractivity contribution in [1.82, 2.24) is 35.0 Å². The molecule has 3 heterocycles. The van der Waals surface area contributed by atoms with Crippen LogP contribution in [0, 0.1) is 11.8 Å². The monoisotopic (exact) mass is 513 g/mol. The van der Waals surface area contributed by atoms with Crippen LogP contribution in [0.3, 0.4) is 0 Å². The number of carbonyl (C=O) groups is 2. The van der Waals surface area contributed by atoms with Crippen LogP contribution in [0.2, 0.25) is 0 Å². The number of fused-ring (bicyclic) bond motifs is 1. The minimum Gasteiger partial charge on any atom is -0.349 e. The summed E-state index contributed by atoms with van der Waals surface area (Å²) >= 11 is 0. The molecule has 2 amide bonds. The third kappa shape index (κ3) is 5.65. The summed E-state index contributed by atoms with van der Waals surface area (Å²) in [7, 11) is 1.68. The summed E-state index contributed by atoms with van der Waals surface area (Å²) < 4.78 is 31.0. The predicted molar refractivity (Wildman–Crippen MR) is 132 cm³/mol. The van der Waals surface area contributed by atoms with E-state index in [0.29, 0.717) is 29.4 Å². The van der Waals surface area contributed by atoms with E-state index < -0.39 is 12.0 Å². The van der Waals surface area contributed by atoms with Gasteiger partial charge in [0.1, 0.15) is 5.69 Å². The van der Waals surface area contributed by atoms with Gasteiger partial charge in [0.05, 0.1) is 30.2 Å². The molecule has 0 aliphatic heterocycles. The van der Waals surface area contributed by atoms with Gasteiger partial charge in [0, 0.05) is 32.5 Å². The highest BCUT2D eigenvalue weighted by Gasteiger charge is 2.40. The van der Waals surface area contributed by atoms with Crippen LogP contribution < -0.4 is 10.6 Å². The van der Waals surface area contributed by atoms with Crippen molar-refractivity contribution in [2.24, 2.45) is 18.9 Å². The smallest absolute Gasteiger partial charge is 0.270 e. The lowest BCUT2D eigenvalue weighted by Crippen LogP contribution is -2.38. The number of alkyl halides is 2. The van der Waals surface area contributed by atoms with Crippen LogP contribution in [-0.2, 0) is 11.8 Å². The summed E-state index contributed by atoms with van der Waals surface area (Å²) in [4.78, 5) is 30.2. The Hall–Kier alpha value is -3.37. The maximum Gasteiger partial charge on any atom is 0.270 e. The van der Waals surface area contributed by atoms with Crippen molar-refractivity contribution in [2.45, 2.75) is 76.3 Å². The fourth-order valence-corrected chi connectivity index (χ4v) is 5.25. The van der Waals surface area contributed by atoms with E-state index in [-0.39, 0.29) is 49.5 Å². The van der Waals surface area contributed by atoms with E-state index in [0.717, 1.165) is 24.8 Å². The Bertz CT molecular complexity index is 1270. The molecule has 2 aliphatic rings. The number of amides is 2. The van der Waals surface area contributed by atoms with Gasteiger partial charge in [-0.1, -0.05) is 6.92 Å². The second kappa shape index (κ2) is 10.2. The van der Waals surface area contributed by atoms with Gasteiger partial charge in [0.25, 0.3) is 5.91 Å². The summed E-state index contributed by atoms with van der Waals surface area (Å²) in [6.45, 7) is 1.97. The quantitative estimate of drug-likeness (QED) is 0.448. The highest BCUT2D eigenvalue weighted by atomic mass is 19.3. The third-order valence-corrected chi connectivity index (χ3v) is 7.50. The molecule has 3 aromatic heterocycles. The molecule has 37 heavy (non-hydrogen) atoms. The Morgan fingerprint density at radius 3 is 2.49 bits per heavy atom. The van der Waals surface area contributed by atoms with Gasteiger partial charge in [-0.2, -0.15) is 10.2 Å². The number of rotatable bonds is 9. The molecule has 3 aromatic rings. The zero-order valence-corrected chi connectivity index (χ0v) is 21.2. The highest BCUT2D eigenvalue weighted by molar-refractivity contribution is 5.92. The zero-order valence-electron chi connectivity index (χ0n) is 21.2. The molecule has 198 valence electrons. The number of hydrogen-bond donors (Lipinski definition) is 2. The van der Waals surface area contributed by atoms with Gasteiger partial charge in [-0.3, -0.25) is 14.3 Å². The molecule has 0 radical (unpaired) electrons. The van der Waals surface area contributed by atoms with Crippen LogP contribution in [0.5, 0.6) is 0 Å². The van der Waals surface area contributed by atoms with E-state index in [9.17, 15) is 18.4 Å². The van der Waals surface area contributed by atoms with Crippen molar-refractivity contribution < 1.29 is 18.4 Å². The average molecular weight is 514 g/mol. The van der Waals surface area contributed by atoms with Crippen LogP contribution in [0.1, 0.15) is 92.1 Å². The minimum absolute atomic E-state index is 0.0235. The average Bonchev–Trinajstić information content (AvgIpc) is 3.47. The fraction of sp³-hybridized carbons (Fsp3) is 0.577. The molecule has 11 heteroatoms. The molecule has 2 fully saturated rings. The number of nitrogens with zero attached hydrogens (tertiary/aromatic N) is 5. The zero-order chi connectivity index (χ0) is 26.2. The molecular weight excluding hydrogens is 480 g/mol. The van der Waals surface area contributed by atoms with Gasteiger partial charge in [-0.15, -0.1) is 0 Å². The number of aryl methyl sites for hydroxylation is 1. The number of aromatic nitrogens is 5. The molecule has 2 N–H and O–H groups in total. The lowest BCUT2D eigenvalue weighted by Gasteiger charge is -2.33. The normalized spacial score (nSPS) is 19.5. The van der Waals surface area contributed by atoms with Gasteiger partial charge in [0.15, 0.2) is 5.65 Å². The maximum atomic E-state index is 13.9. The molecule has 5 rings (SSSR count). The van der Waals surface area contributed by atoms with Crippen LogP contribution in [0.4, 0.5) is 8.78 Å². The Balaban J connectivity index is 1.43. The van der Waals surface area contributed by atoms with E-state index >= 15 is 0 Å². The summed E-state index contributed by atoms with van der Waals surface area (Å²) in [6.07, 6.45) is 8.53. The third-order valence-electron chi connectivity index (χ3n) is 7.50. The van der Waals surface area contributed by atoms with Gasteiger partial charge < -0.3 is 10.6 Å². The number of imidazole rings is 1. The molecule has 0 unspecified atom stereocenters.